The summed E-state index contributed by atoms with van der Waals surface area (Å²) in [5.74, 6) is -0.00924. The monoisotopic (exact) mass is 613 g/mol. The minimum absolute atomic E-state index is 0.00142. The van der Waals surface area contributed by atoms with Crippen molar-refractivity contribution in [2.75, 3.05) is 38.5 Å². The molecule has 242 valence electrons. The van der Waals surface area contributed by atoms with Crippen molar-refractivity contribution in [2.45, 2.75) is 123 Å². The number of anilines is 1. The zero-order chi connectivity index (χ0) is 30.5. The van der Waals surface area contributed by atoms with E-state index in [-0.39, 0.29) is 37.1 Å². The highest BCUT2D eigenvalue weighted by Gasteiger charge is 2.21. The lowest BCUT2D eigenvalue weighted by Gasteiger charge is -2.16. The van der Waals surface area contributed by atoms with Gasteiger partial charge in [-0.3, -0.25) is 14.3 Å². The smallest absolute Gasteiger partial charge is 0.353 e. The Morgan fingerprint density at radius 1 is 0.905 bits per heavy atom. The van der Waals surface area contributed by atoms with Crippen molar-refractivity contribution in [3.63, 3.8) is 0 Å². The normalized spacial score (nSPS) is 14.0. The van der Waals surface area contributed by atoms with E-state index in [4.69, 9.17) is 19.7 Å². The SMILES string of the molecule is CCCCCCCCCCCCCCCCCCOC[C@@H](C)COP(=O)(O)COCCn1cnc2c(=O)[nH]c(N)nc21. The molecule has 2 aromatic heterocycles. The molecule has 4 N–H and O–H groups in total. The van der Waals surface area contributed by atoms with E-state index < -0.39 is 19.5 Å². The van der Waals surface area contributed by atoms with Gasteiger partial charge < -0.3 is 29.2 Å². The fourth-order valence-electron chi connectivity index (χ4n) is 4.84. The van der Waals surface area contributed by atoms with Crippen molar-refractivity contribution < 1.29 is 23.5 Å². The van der Waals surface area contributed by atoms with Gasteiger partial charge in [0.15, 0.2) is 11.2 Å². The van der Waals surface area contributed by atoms with Crippen molar-refractivity contribution in [3.8, 4) is 0 Å². The lowest BCUT2D eigenvalue weighted by Crippen LogP contribution is -2.15. The van der Waals surface area contributed by atoms with Crippen LogP contribution in [0.5, 0.6) is 0 Å². The van der Waals surface area contributed by atoms with Crippen LogP contribution in [0.15, 0.2) is 11.1 Å². The molecule has 2 heterocycles. The van der Waals surface area contributed by atoms with Gasteiger partial charge in [0.1, 0.15) is 6.35 Å². The van der Waals surface area contributed by atoms with E-state index in [1.54, 1.807) is 4.57 Å². The van der Waals surface area contributed by atoms with Crippen molar-refractivity contribution in [2.24, 2.45) is 5.92 Å². The molecular weight excluding hydrogens is 557 g/mol. The number of imidazole rings is 1. The van der Waals surface area contributed by atoms with Gasteiger partial charge in [-0.1, -0.05) is 110 Å². The van der Waals surface area contributed by atoms with Gasteiger partial charge in [0.25, 0.3) is 5.56 Å². The summed E-state index contributed by atoms with van der Waals surface area (Å²) in [5.41, 5.74) is 5.67. The van der Waals surface area contributed by atoms with Gasteiger partial charge in [-0.05, 0) is 6.42 Å². The molecule has 0 radical (unpaired) electrons. The molecule has 0 saturated heterocycles. The van der Waals surface area contributed by atoms with Crippen molar-refractivity contribution in [3.05, 3.63) is 16.7 Å². The molecule has 2 rings (SSSR count). The van der Waals surface area contributed by atoms with E-state index in [1.807, 2.05) is 6.92 Å². The van der Waals surface area contributed by atoms with E-state index in [9.17, 15) is 14.3 Å². The summed E-state index contributed by atoms with van der Waals surface area (Å²) in [6.07, 6.45) is 22.5. The van der Waals surface area contributed by atoms with Crippen LogP contribution in [0.1, 0.15) is 117 Å². The Kier molecular flexibility index (Phi) is 18.9. The summed E-state index contributed by atoms with van der Waals surface area (Å²) >= 11 is 0. The van der Waals surface area contributed by atoms with Crippen molar-refractivity contribution in [1.82, 2.24) is 19.5 Å². The number of ether oxygens (including phenoxy) is 2. The predicted molar refractivity (Wildman–Crippen MR) is 169 cm³/mol. The van der Waals surface area contributed by atoms with E-state index in [0.717, 1.165) is 6.42 Å². The summed E-state index contributed by atoms with van der Waals surface area (Å²) in [4.78, 5) is 32.4. The number of nitrogens with two attached hydrogens (primary N) is 1. The molecule has 11 nitrogen and oxygen atoms in total. The zero-order valence-electron chi connectivity index (χ0n) is 26.1. The summed E-state index contributed by atoms with van der Waals surface area (Å²) in [5, 5.41) is 0. The first-order chi connectivity index (χ1) is 20.3. The molecule has 0 fully saturated rings. The molecule has 0 aromatic carbocycles. The van der Waals surface area contributed by atoms with E-state index in [1.165, 1.54) is 103 Å². The summed E-state index contributed by atoms with van der Waals surface area (Å²) in [6, 6.07) is 0. The number of fused-ring (bicyclic) bond motifs is 1. The summed E-state index contributed by atoms with van der Waals surface area (Å²) in [6.45, 7) is 5.92. The van der Waals surface area contributed by atoms with Gasteiger partial charge in [0.05, 0.1) is 26.1 Å². The van der Waals surface area contributed by atoms with Crippen LogP contribution in [0.3, 0.4) is 0 Å². The van der Waals surface area contributed by atoms with Crippen LogP contribution in [-0.2, 0) is 25.1 Å². The Balaban J connectivity index is 1.38. The van der Waals surface area contributed by atoms with E-state index in [2.05, 4.69) is 21.9 Å². The van der Waals surface area contributed by atoms with Crippen molar-refractivity contribution in [1.29, 1.82) is 0 Å². The third-order valence-corrected chi connectivity index (χ3v) is 8.39. The van der Waals surface area contributed by atoms with Gasteiger partial charge in [0, 0.05) is 19.1 Å². The van der Waals surface area contributed by atoms with Crippen LogP contribution >= 0.6 is 7.60 Å². The van der Waals surface area contributed by atoms with Crippen molar-refractivity contribution >= 4 is 24.7 Å². The number of rotatable bonds is 27. The Hall–Kier alpha value is -1.78. The second-order valence-electron chi connectivity index (χ2n) is 11.5. The quantitative estimate of drug-likeness (QED) is 0.0729. The Bertz CT molecular complexity index is 1080. The largest absolute Gasteiger partial charge is 0.381 e. The molecule has 2 atom stereocenters. The van der Waals surface area contributed by atoms with Gasteiger partial charge in [0.2, 0.25) is 5.95 Å². The lowest BCUT2D eigenvalue weighted by atomic mass is 10.0. The number of unbranched alkanes of at least 4 members (excludes halogenated alkanes) is 15. The Morgan fingerprint density at radius 3 is 2.07 bits per heavy atom. The highest BCUT2D eigenvalue weighted by atomic mass is 31.2. The standard InChI is InChI=1S/C30H56N5O6P/c1-3-4-5-6-7-8-9-10-11-12-13-14-15-16-17-18-20-39-22-26(2)23-41-42(37,38)25-40-21-19-35-24-32-27-28(35)33-30(31)34-29(27)36/h24,26H,3-23,25H2,1-2H3,(H,37,38)(H3,31,33,34,36)/t26-/m1/s1. The van der Waals surface area contributed by atoms with Crippen LogP contribution in [0.4, 0.5) is 5.95 Å². The molecule has 0 spiro atoms. The molecule has 0 aliphatic rings. The predicted octanol–water partition coefficient (Wildman–Crippen LogP) is 6.79. The number of nitrogens with one attached hydrogen (secondary N) is 1. The first-order valence-electron chi connectivity index (χ1n) is 16.1. The lowest BCUT2D eigenvalue weighted by molar-refractivity contribution is 0.0751. The molecule has 2 aromatic rings. The maximum Gasteiger partial charge on any atom is 0.353 e. The zero-order valence-corrected chi connectivity index (χ0v) is 27.0. The minimum atomic E-state index is -3.89. The van der Waals surface area contributed by atoms with Gasteiger partial charge in [-0.2, -0.15) is 4.98 Å². The molecule has 0 saturated carbocycles. The number of aromatic amines is 1. The Morgan fingerprint density at radius 2 is 1.48 bits per heavy atom. The van der Waals surface area contributed by atoms with Gasteiger partial charge in [-0.15, -0.1) is 0 Å². The number of aromatic nitrogens is 4. The second-order valence-corrected chi connectivity index (χ2v) is 13.3. The maximum absolute atomic E-state index is 12.3. The molecule has 1 unspecified atom stereocenters. The molecule has 12 heteroatoms. The highest BCUT2D eigenvalue weighted by molar-refractivity contribution is 7.52. The average molecular weight is 614 g/mol. The molecule has 42 heavy (non-hydrogen) atoms. The number of hydrogen-bond acceptors (Lipinski definition) is 8. The van der Waals surface area contributed by atoms with Crippen LogP contribution in [0, 0.1) is 5.92 Å². The first kappa shape index (κ1) is 36.4. The minimum Gasteiger partial charge on any atom is -0.381 e. The highest BCUT2D eigenvalue weighted by Crippen LogP contribution is 2.42. The fraction of sp³-hybridized carbons (Fsp3) is 0.833. The molecule has 0 aliphatic carbocycles. The average Bonchev–Trinajstić information content (AvgIpc) is 3.36. The van der Waals surface area contributed by atoms with E-state index >= 15 is 0 Å². The summed E-state index contributed by atoms with van der Waals surface area (Å²) < 4.78 is 30.2. The maximum atomic E-state index is 12.3. The fourth-order valence-corrected chi connectivity index (χ4v) is 5.76. The summed E-state index contributed by atoms with van der Waals surface area (Å²) in [7, 11) is -3.89. The molecule has 0 aliphatic heterocycles. The number of nitrogen functional groups attached to an aromatic ring is 1. The topological polar surface area (TPSA) is 155 Å². The first-order valence-corrected chi connectivity index (χ1v) is 17.9. The van der Waals surface area contributed by atoms with Gasteiger partial charge in [-0.25, -0.2) is 4.98 Å². The molecule has 0 bridgehead atoms. The third kappa shape index (κ3) is 16.2. The van der Waals surface area contributed by atoms with Crippen LogP contribution in [-0.4, -0.2) is 57.2 Å². The van der Waals surface area contributed by atoms with Gasteiger partial charge >= 0.3 is 7.60 Å². The Labute approximate surface area is 251 Å². The molecular formula is C30H56N5O6P. The van der Waals surface area contributed by atoms with Crippen LogP contribution in [0.2, 0.25) is 0 Å². The number of nitrogens with zero attached hydrogens (tertiary/aromatic N) is 3. The number of H-pyrrole nitrogens is 1. The number of hydrogen-bond donors (Lipinski definition) is 3. The van der Waals surface area contributed by atoms with Crippen LogP contribution < -0.4 is 11.3 Å². The van der Waals surface area contributed by atoms with E-state index in [0.29, 0.717) is 18.9 Å². The third-order valence-electron chi connectivity index (χ3n) is 7.33. The van der Waals surface area contributed by atoms with Crippen LogP contribution in [0.25, 0.3) is 11.2 Å². The second kappa shape index (κ2) is 21.8. The molecule has 0 amide bonds.